The van der Waals surface area contributed by atoms with Gasteiger partial charge < -0.3 is 18.9 Å². The highest BCUT2D eigenvalue weighted by molar-refractivity contribution is 6.17. The Hall–Kier alpha value is -3.28. The van der Waals surface area contributed by atoms with Crippen LogP contribution in [0.4, 0.5) is 0 Å². The summed E-state index contributed by atoms with van der Waals surface area (Å²) in [6.45, 7) is 0.391. The molecule has 0 bridgehead atoms. The topological polar surface area (TPSA) is 71.1 Å². The number of hydrogen-bond donors (Lipinski definition) is 0. The largest absolute Gasteiger partial charge is 0.497 e. The summed E-state index contributed by atoms with van der Waals surface area (Å²) < 4.78 is 20.1. The summed E-state index contributed by atoms with van der Waals surface area (Å²) in [6, 6.07) is 14.6. The third kappa shape index (κ3) is 5.11. The van der Waals surface area contributed by atoms with Gasteiger partial charge in [-0.15, -0.1) is 0 Å². The summed E-state index contributed by atoms with van der Waals surface area (Å²) in [6.07, 6.45) is 1.41. The van der Waals surface area contributed by atoms with Crippen molar-refractivity contribution in [2.45, 2.75) is 6.61 Å². The van der Waals surface area contributed by atoms with E-state index >= 15 is 0 Å². The van der Waals surface area contributed by atoms with Crippen LogP contribution in [0.5, 0.6) is 11.5 Å². The molecule has 0 aliphatic heterocycles. The smallest absolute Gasteiger partial charge is 0.345 e. The van der Waals surface area contributed by atoms with Crippen molar-refractivity contribution in [3.8, 4) is 11.5 Å². The maximum atomic E-state index is 11.7. The predicted octanol–water partition coefficient (Wildman–Crippen LogP) is 3.00. The zero-order chi connectivity index (χ0) is 18.9. The Morgan fingerprint density at radius 3 is 2.12 bits per heavy atom. The first-order valence-corrected chi connectivity index (χ1v) is 7.81. The van der Waals surface area contributed by atoms with E-state index in [4.69, 9.17) is 9.47 Å². The molecule has 0 N–H and O–H groups in total. The highest BCUT2D eigenvalue weighted by Gasteiger charge is 2.19. The maximum Gasteiger partial charge on any atom is 0.345 e. The van der Waals surface area contributed by atoms with E-state index in [0.29, 0.717) is 17.9 Å². The van der Waals surface area contributed by atoms with Crippen LogP contribution in [0, 0.1) is 0 Å². The van der Waals surface area contributed by atoms with E-state index in [9.17, 15) is 9.59 Å². The monoisotopic (exact) mass is 356 g/mol. The lowest BCUT2D eigenvalue weighted by Gasteiger charge is -2.08. The first kappa shape index (κ1) is 19.1. The molecular weight excluding hydrogens is 336 g/mol. The zero-order valence-electron chi connectivity index (χ0n) is 14.9. The van der Waals surface area contributed by atoms with E-state index < -0.39 is 11.9 Å². The summed E-state index contributed by atoms with van der Waals surface area (Å²) in [4.78, 5) is 23.3. The van der Waals surface area contributed by atoms with Gasteiger partial charge in [0.25, 0.3) is 0 Å². The molecule has 2 rings (SSSR count). The van der Waals surface area contributed by atoms with Crippen molar-refractivity contribution in [2.24, 2.45) is 0 Å². The van der Waals surface area contributed by atoms with Gasteiger partial charge in [0.1, 0.15) is 23.7 Å². The van der Waals surface area contributed by atoms with Gasteiger partial charge in [0.05, 0.1) is 21.3 Å². The molecular formula is C20H20O6. The van der Waals surface area contributed by atoms with Gasteiger partial charge in [0.2, 0.25) is 0 Å². The van der Waals surface area contributed by atoms with Crippen LogP contribution in [0.2, 0.25) is 0 Å². The fourth-order valence-corrected chi connectivity index (χ4v) is 2.18. The minimum atomic E-state index is -0.754. The standard InChI is InChI=1S/C20H20O6/c1-23-17-6-4-5-15(11-17)13-26-16-9-7-14(8-10-16)12-18(19(21)24-2)20(22)25-3/h4-12H,13H2,1-3H3. The Bertz CT molecular complexity index is 774. The van der Waals surface area contributed by atoms with Crippen molar-refractivity contribution in [3.63, 3.8) is 0 Å². The molecule has 0 aromatic heterocycles. The van der Waals surface area contributed by atoms with Crippen LogP contribution in [0.1, 0.15) is 11.1 Å². The first-order valence-electron chi connectivity index (χ1n) is 7.81. The van der Waals surface area contributed by atoms with Gasteiger partial charge in [0.15, 0.2) is 0 Å². The SMILES string of the molecule is COC(=O)C(=Cc1ccc(OCc2cccc(OC)c2)cc1)C(=O)OC. The van der Waals surface area contributed by atoms with Crippen molar-refractivity contribution in [1.82, 2.24) is 0 Å². The number of carbonyl (C=O) groups is 2. The molecule has 6 nitrogen and oxygen atoms in total. The molecule has 0 atom stereocenters. The second-order valence-electron chi connectivity index (χ2n) is 5.25. The minimum absolute atomic E-state index is 0.181. The molecule has 136 valence electrons. The molecule has 0 unspecified atom stereocenters. The molecule has 6 heteroatoms. The summed E-state index contributed by atoms with van der Waals surface area (Å²) in [5.74, 6) is -0.0854. The molecule has 26 heavy (non-hydrogen) atoms. The van der Waals surface area contributed by atoms with Crippen LogP contribution >= 0.6 is 0 Å². The van der Waals surface area contributed by atoms with Crippen LogP contribution in [-0.2, 0) is 25.7 Å². The third-order valence-corrected chi connectivity index (χ3v) is 3.54. The molecule has 0 spiro atoms. The number of hydrogen-bond acceptors (Lipinski definition) is 6. The Morgan fingerprint density at radius 1 is 0.885 bits per heavy atom. The molecule has 0 saturated heterocycles. The quantitative estimate of drug-likeness (QED) is 0.329. The lowest BCUT2D eigenvalue weighted by Crippen LogP contribution is -2.15. The van der Waals surface area contributed by atoms with E-state index in [0.717, 1.165) is 11.3 Å². The van der Waals surface area contributed by atoms with Gasteiger partial charge in [0, 0.05) is 0 Å². The highest BCUT2D eigenvalue weighted by atomic mass is 16.5. The molecule has 0 aliphatic rings. The molecule has 0 radical (unpaired) electrons. The normalized spacial score (nSPS) is 9.81. The lowest BCUT2D eigenvalue weighted by molar-refractivity contribution is -0.143. The number of esters is 2. The van der Waals surface area contributed by atoms with E-state index in [1.54, 1.807) is 31.4 Å². The van der Waals surface area contributed by atoms with Crippen LogP contribution in [0.25, 0.3) is 6.08 Å². The predicted molar refractivity (Wildman–Crippen MR) is 95.8 cm³/mol. The molecule has 0 amide bonds. The highest BCUT2D eigenvalue weighted by Crippen LogP contribution is 2.18. The molecule has 0 aliphatic carbocycles. The van der Waals surface area contributed by atoms with Crippen LogP contribution in [-0.4, -0.2) is 33.3 Å². The van der Waals surface area contributed by atoms with Gasteiger partial charge in [-0.2, -0.15) is 0 Å². The number of carbonyl (C=O) groups excluding carboxylic acids is 2. The summed E-state index contributed by atoms with van der Waals surface area (Å²) in [5.41, 5.74) is 1.44. The molecule has 0 saturated carbocycles. The Balaban J connectivity index is 2.08. The number of rotatable bonds is 7. The minimum Gasteiger partial charge on any atom is -0.497 e. The number of methoxy groups -OCH3 is 3. The molecule has 0 heterocycles. The Kier molecular flexibility index (Phi) is 6.79. The average molecular weight is 356 g/mol. The second-order valence-corrected chi connectivity index (χ2v) is 5.25. The molecule has 2 aromatic rings. The molecule has 0 fully saturated rings. The van der Waals surface area contributed by atoms with Crippen LogP contribution in [0.3, 0.4) is 0 Å². The fraction of sp³-hybridized carbons (Fsp3) is 0.200. The average Bonchev–Trinajstić information content (AvgIpc) is 2.70. The van der Waals surface area contributed by atoms with Gasteiger partial charge in [-0.1, -0.05) is 24.3 Å². The summed E-state index contributed by atoms with van der Waals surface area (Å²) >= 11 is 0. The van der Waals surface area contributed by atoms with Crippen molar-refractivity contribution < 1.29 is 28.5 Å². The Morgan fingerprint density at radius 2 is 1.54 bits per heavy atom. The van der Waals surface area contributed by atoms with Gasteiger partial charge in [-0.3, -0.25) is 0 Å². The Labute approximate surface area is 151 Å². The van der Waals surface area contributed by atoms with Crippen molar-refractivity contribution in [2.75, 3.05) is 21.3 Å². The van der Waals surface area contributed by atoms with Crippen LogP contribution in [0.15, 0.2) is 54.1 Å². The third-order valence-electron chi connectivity index (χ3n) is 3.54. The molecule has 2 aromatic carbocycles. The van der Waals surface area contributed by atoms with E-state index in [2.05, 4.69) is 9.47 Å². The van der Waals surface area contributed by atoms with E-state index in [-0.39, 0.29) is 5.57 Å². The van der Waals surface area contributed by atoms with Gasteiger partial charge >= 0.3 is 11.9 Å². The van der Waals surface area contributed by atoms with Gasteiger partial charge in [-0.25, -0.2) is 9.59 Å². The second kappa shape index (κ2) is 9.27. The lowest BCUT2D eigenvalue weighted by atomic mass is 10.1. The van der Waals surface area contributed by atoms with Crippen molar-refractivity contribution >= 4 is 18.0 Å². The maximum absolute atomic E-state index is 11.7. The van der Waals surface area contributed by atoms with E-state index in [1.165, 1.54) is 20.3 Å². The summed E-state index contributed by atoms with van der Waals surface area (Å²) in [7, 11) is 4.02. The van der Waals surface area contributed by atoms with Gasteiger partial charge in [-0.05, 0) is 41.5 Å². The van der Waals surface area contributed by atoms with Crippen LogP contribution < -0.4 is 9.47 Å². The van der Waals surface area contributed by atoms with E-state index in [1.807, 2.05) is 24.3 Å². The van der Waals surface area contributed by atoms with Crippen molar-refractivity contribution in [3.05, 3.63) is 65.2 Å². The number of ether oxygens (including phenoxy) is 4. The zero-order valence-corrected chi connectivity index (χ0v) is 14.9. The fourth-order valence-electron chi connectivity index (χ4n) is 2.18. The first-order chi connectivity index (χ1) is 12.6. The number of benzene rings is 2. The summed E-state index contributed by atoms with van der Waals surface area (Å²) in [5, 5.41) is 0. The van der Waals surface area contributed by atoms with Crippen molar-refractivity contribution in [1.29, 1.82) is 0 Å².